The summed E-state index contributed by atoms with van der Waals surface area (Å²) in [5.41, 5.74) is 0. The third-order valence-electron chi connectivity index (χ3n) is 0. The van der Waals surface area contributed by atoms with E-state index >= 15 is 0 Å². The molecule has 0 aliphatic rings. The van der Waals surface area contributed by atoms with E-state index in [1.54, 1.807) is 0 Å². The zero-order valence-electron chi connectivity index (χ0n) is 2.70. The van der Waals surface area contributed by atoms with E-state index in [4.69, 9.17) is 19.2 Å². The van der Waals surface area contributed by atoms with Gasteiger partial charge in [-0.05, 0) is 0 Å². The van der Waals surface area contributed by atoms with Crippen molar-refractivity contribution in [3.8, 4) is 0 Å². The number of hydrogen-bond acceptors (Lipinski definition) is 1. The molecule has 42 valence electrons. The molecule has 0 atom stereocenters. The summed E-state index contributed by atoms with van der Waals surface area (Å²) in [6.07, 6.45) is 0. The third kappa shape index (κ3) is 91.1. The molecule has 0 saturated heterocycles. The second-order valence-electron chi connectivity index (χ2n) is 0.513. The first kappa shape index (κ1) is 15.9. The van der Waals surface area contributed by atoms with E-state index in [0.29, 0.717) is 0 Å². The van der Waals surface area contributed by atoms with Crippen LogP contribution in [0.1, 0.15) is 0 Å². The second kappa shape index (κ2) is 5.76. The molecule has 0 fully saturated rings. The Balaban J connectivity index is -0.0000000800. The van der Waals surface area contributed by atoms with E-state index in [2.05, 4.69) is 0 Å². The van der Waals surface area contributed by atoms with Crippen molar-refractivity contribution in [3.63, 3.8) is 0 Å². The van der Waals surface area contributed by atoms with Crippen LogP contribution in [-0.2, 0) is 4.57 Å². The Morgan fingerprint density at radius 1 is 1.14 bits per heavy atom. The Morgan fingerprint density at radius 2 is 1.14 bits per heavy atom. The molecule has 0 saturated carbocycles. The van der Waals surface area contributed by atoms with Gasteiger partial charge in [0.25, 0.3) is 0 Å². The summed E-state index contributed by atoms with van der Waals surface area (Å²) >= 11 is 0. The van der Waals surface area contributed by atoms with E-state index < -0.39 is 7.82 Å². The Bertz CT molecular complexity index is 57.8. The van der Waals surface area contributed by atoms with E-state index in [1.165, 1.54) is 0 Å². The fraction of sp³-hybridized carbons (Fsp3) is 0. The summed E-state index contributed by atoms with van der Waals surface area (Å²) in [7, 11) is -4.64. The van der Waals surface area contributed by atoms with Crippen molar-refractivity contribution in [3.05, 3.63) is 0 Å². The zero-order valence-corrected chi connectivity index (χ0v) is 5.69. The fourth-order valence-corrected chi connectivity index (χ4v) is 0. The van der Waals surface area contributed by atoms with Crippen molar-refractivity contribution >= 4 is 54.4 Å². The summed E-state index contributed by atoms with van der Waals surface area (Å²) in [5, 5.41) is 0. The molecule has 7 heavy (non-hydrogen) atoms. The van der Waals surface area contributed by atoms with Crippen LogP contribution in [0, 0.1) is 0 Å². The van der Waals surface area contributed by atoms with Gasteiger partial charge in [0, 0.05) is 0 Å². The van der Waals surface area contributed by atoms with Crippen LogP contribution >= 0.6 is 7.82 Å². The van der Waals surface area contributed by atoms with Gasteiger partial charge in [-0.15, -0.1) is 0 Å². The Hall–Kier alpha value is 1.63. The zero-order chi connectivity index (χ0) is 4.50. The van der Waals surface area contributed by atoms with Gasteiger partial charge in [0.15, 0.2) is 0 Å². The molecular formula is H6NaO4PSe. The summed E-state index contributed by atoms with van der Waals surface area (Å²) in [6.45, 7) is 0. The molecule has 0 aromatic rings. The molecule has 0 amide bonds. The maximum atomic E-state index is 8.88. The van der Waals surface area contributed by atoms with Crippen LogP contribution in [0.3, 0.4) is 0 Å². The van der Waals surface area contributed by atoms with Crippen LogP contribution in [0.15, 0.2) is 0 Å². The van der Waals surface area contributed by atoms with Crippen LogP contribution in [0.25, 0.3) is 0 Å². The van der Waals surface area contributed by atoms with Crippen molar-refractivity contribution < 1.29 is 19.2 Å². The van der Waals surface area contributed by atoms with Gasteiger partial charge >= 0.3 is 54.4 Å². The van der Waals surface area contributed by atoms with E-state index in [1.807, 2.05) is 0 Å². The van der Waals surface area contributed by atoms with Crippen LogP contribution in [0.2, 0.25) is 0 Å². The van der Waals surface area contributed by atoms with Gasteiger partial charge < -0.3 is 14.7 Å². The summed E-state index contributed by atoms with van der Waals surface area (Å²) in [5.74, 6) is 0. The van der Waals surface area contributed by atoms with Crippen molar-refractivity contribution in [2.45, 2.75) is 0 Å². The van der Waals surface area contributed by atoms with Gasteiger partial charge in [0.05, 0.1) is 0 Å². The Kier molecular flexibility index (Phi) is 13.0. The Morgan fingerprint density at radius 3 is 1.14 bits per heavy atom. The average Bonchev–Trinajstić information content (AvgIpc) is 0.722. The molecule has 0 radical (unpaired) electrons. The molecule has 0 heterocycles. The Labute approximate surface area is 73.3 Å². The van der Waals surface area contributed by atoms with Crippen molar-refractivity contribution in [1.82, 2.24) is 0 Å². The molecule has 0 aromatic carbocycles. The maximum absolute atomic E-state index is 8.88. The molecule has 0 aliphatic carbocycles. The quantitative estimate of drug-likeness (QED) is 0.300. The van der Waals surface area contributed by atoms with Crippen molar-refractivity contribution in [2.75, 3.05) is 0 Å². The fourth-order valence-electron chi connectivity index (χ4n) is 0. The van der Waals surface area contributed by atoms with Crippen molar-refractivity contribution in [1.29, 1.82) is 0 Å². The van der Waals surface area contributed by atoms with Gasteiger partial charge in [-0.1, -0.05) is 0 Å². The third-order valence-corrected chi connectivity index (χ3v) is 0. The molecular weight excluding hydrogens is 197 g/mol. The first-order chi connectivity index (χ1) is 2.00. The molecule has 3 N–H and O–H groups in total. The normalized spacial score (nSPS) is 8.43. The minimum absolute atomic E-state index is 0. The monoisotopic (exact) mass is 204 g/mol. The molecule has 4 nitrogen and oxygen atoms in total. The molecule has 0 spiro atoms. The first-order valence-corrected chi connectivity index (χ1v) is 2.35. The molecule has 0 aliphatic heterocycles. The predicted molar refractivity (Wildman–Crippen MR) is 30.0 cm³/mol. The number of rotatable bonds is 0. The summed E-state index contributed by atoms with van der Waals surface area (Å²) in [6, 6.07) is 0. The molecule has 0 rings (SSSR count). The van der Waals surface area contributed by atoms with Gasteiger partial charge in [-0.2, -0.15) is 0 Å². The number of phosphoric acid groups is 1. The standard InChI is InChI=1S/Na.H3O4P.H2Se.H/c;1-5(2,3)4;;/h;(H3,1,2,3,4);1H2;. The summed E-state index contributed by atoms with van der Waals surface area (Å²) < 4.78 is 8.88. The second-order valence-corrected chi connectivity index (χ2v) is 1.54. The van der Waals surface area contributed by atoms with E-state index in [0.717, 1.165) is 0 Å². The molecule has 7 heteroatoms. The van der Waals surface area contributed by atoms with Crippen LogP contribution in [0.4, 0.5) is 0 Å². The van der Waals surface area contributed by atoms with Crippen molar-refractivity contribution in [2.24, 2.45) is 0 Å². The average molecular weight is 203 g/mol. The molecule has 0 bridgehead atoms. The SMILES string of the molecule is O=P(O)(O)O.[NaH].[SeH2]. The van der Waals surface area contributed by atoms with Crippen LogP contribution in [-0.4, -0.2) is 61.3 Å². The van der Waals surface area contributed by atoms with Gasteiger partial charge in [0.2, 0.25) is 0 Å². The summed E-state index contributed by atoms with van der Waals surface area (Å²) in [4.78, 5) is 21.6. The van der Waals surface area contributed by atoms with Gasteiger partial charge in [-0.25, -0.2) is 4.57 Å². The van der Waals surface area contributed by atoms with Crippen LogP contribution in [0.5, 0.6) is 0 Å². The van der Waals surface area contributed by atoms with Gasteiger partial charge in [-0.3, -0.25) is 0 Å². The van der Waals surface area contributed by atoms with E-state index in [9.17, 15) is 0 Å². The number of hydrogen-bond donors (Lipinski definition) is 3. The van der Waals surface area contributed by atoms with Gasteiger partial charge in [0.1, 0.15) is 0 Å². The molecule has 0 unspecified atom stereocenters. The minimum atomic E-state index is -4.64. The topological polar surface area (TPSA) is 77.8 Å². The molecule has 0 aromatic heterocycles. The van der Waals surface area contributed by atoms with E-state index in [-0.39, 0.29) is 46.6 Å². The predicted octanol–water partition coefficient (Wildman–Crippen LogP) is -2.49. The first-order valence-electron chi connectivity index (χ1n) is 0.783. The van der Waals surface area contributed by atoms with Crippen LogP contribution < -0.4 is 0 Å².